The fourth-order valence-corrected chi connectivity index (χ4v) is 2.36. The van der Waals surface area contributed by atoms with Gasteiger partial charge in [-0.15, -0.1) is 0 Å². The molecule has 2 aromatic rings. The molecule has 1 atom stereocenters. The Morgan fingerprint density at radius 2 is 2.11 bits per heavy atom. The molecule has 1 aromatic heterocycles. The van der Waals surface area contributed by atoms with E-state index in [1.54, 1.807) is 13.1 Å². The van der Waals surface area contributed by atoms with E-state index in [1.165, 1.54) is 11.8 Å². The van der Waals surface area contributed by atoms with Gasteiger partial charge in [-0.3, -0.25) is 4.79 Å². The topological polar surface area (TPSA) is 71.8 Å². The van der Waals surface area contributed by atoms with Crippen LogP contribution >= 0.6 is 27.7 Å². The van der Waals surface area contributed by atoms with Gasteiger partial charge < -0.3 is 10.7 Å². The van der Waals surface area contributed by atoms with Gasteiger partial charge in [0.1, 0.15) is 0 Å². The molecule has 1 heterocycles. The third-order valence-corrected chi connectivity index (χ3v) is 3.94. The van der Waals surface area contributed by atoms with Crippen molar-refractivity contribution in [1.82, 2.24) is 9.97 Å². The lowest BCUT2D eigenvalue weighted by atomic mass is 10.2. The number of aromatic amines is 1. The number of rotatable bonds is 4. The Labute approximate surface area is 118 Å². The lowest BCUT2D eigenvalue weighted by Gasteiger charge is -2.03. The quantitative estimate of drug-likeness (QED) is 0.849. The number of nitrogens with one attached hydrogen (secondary N) is 1. The van der Waals surface area contributed by atoms with E-state index in [2.05, 4.69) is 25.9 Å². The van der Waals surface area contributed by atoms with Crippen molar-refractivity contribution in [3.63, 3.8) is 0 Å². The molecule has 0 saturated heterocycles. The molecule has 2 rings (SSSR count). The summed E-state index contributed by atoms with van der Waals surface area (Å²) in [5, 5.41) is 0.396. The van der Waals surface area contributed by atoms with Gasteiger partial charge in [-0.2, -0.15) is 0 Å². The highest BCUT2D eigenvalue weighted by atomic mass is 79.9. The number of carbonyl (C=O) groups is 1. The summed E-state index contributed by atoms with van der Waals surface area (Å²) in [5.41, 5.74) is 7.18. The van der Waals surface area contributed by atoms with Gasteiger partial charge in [0.15, 0.2) is 5.16 Å². The molecule has 0 aliphatic heterocycles. The summed E-state index contributed by atoms with van der Waals surface area (Å²) >= 11 is 4.71. The summed E-state index contributed by atoms with van der Waals surface area (Å²) in [6.45, 7) is 1.76. The Kier molecular flexibility index (Phi) is 4.08. The van der Waals surface area contributed by atoms with Crippen molar-refractivity contribution in [3.05, 3.63) is 34.9 Å². The second-order valence-electron chi connectivity index (χ2n) is 3.77. The van der Waals surface area contributed by atoms with Crippen molar-refractivity contribution in [1.29, 1.82) is 0 Å². The van der Waals surface area contributed by atoms with Crippen LogP contribution in [0.5, 0.6) is 0 Å². The Bertz CT molecular complexity index is 553. The number of nitrogens with two attached hydrogens (primary N) is 1. The van der Waals surface area contributed by atoms with Crippen LogP contribution in [0.4, 0.5) is 0 Å². The van der Waals surface area contributed by atoms with Gasteiger partial charge in [-0.25, -0.2) is 4.98 Å². The van der Waals surface area contributed by atoms with Crippen molar-refractivity contribution >= 4 is 33.6 Å². The largest absolute Gasteiger partial charge is 0.369 e. The van der Waals surface area contributed by atoms with E-state index < -0.39 is 0 Å². The zero-order valence-corrected chi connectivity index (χ0v) is 12.1. The molecule has 18 heavy (non-hydrogen) atoms. The van der Waals surface area contributed by atoms with E-state index in [9.17, 15) is 4.79 Å². The van der Waals surface area contributed by atoms with E-state index in [1.807, 2.05) is 24.3 Å². The maximum atomic E-state index is 11.0. The maximum Gasteiger partial charge on any atom is 0.230 e. The average molecular weight is 326 g/mol. The highest BCUT2D eigenvalue weighted by molar-refractivity contribution is 9.10. The number of halogens is 1. The SMILES string of the molecule is C[C@H](Sc1ncc(-c2ccc(Br)cc2)[nH]1)C(N)=O. The standard InChI is InChI=1S/C12H12BrN3OS/c1-7(11(14)17)18-12-15-6-10(16-12)8-2-4-9(13)5-3-8/h2-7H,1H3,(H2,14,17)(H,15,16)/t7-/m0/s1. The van der Waals surface area contributed by atoms with Gasteiger partial charge in [-0.05, 0) is 24.6 Å². The smallest absolute Gasteiger partial charge is 0.230 e. The van der Waals surface area contributed by atoms with E-state index in [-0.39, 0.29) is 11.2 Å². The lowest BCUT2D eigenvalue weighted by Crippen LogP contribution is -2.22. The molecular weight excluding hydrogens is 314 g/mol. The van der Waals surface area contributed by atoms with Gasteiger partial charge in [-0.1, -0.05) is 39.8 Å². The van der Waals surface area contributed by atoms with Gasteiger partial charge >= 0.3 is 0 Å². The minimum Gasteiger partial charge on any atom is -0.369 e. The van der Waals surface area contributed by atoms with Crippen LogP contribution < -0.4 is 5.73 Å². The number of benzene rings is 1. The highest BCUT2D eigenvalue weighted by Gasteiger charge is 2.13. The Morgan fingerprint density at radius 3 is 2.72 bits per heavy atom. The first-order valence-corrected chi connectivity index (χ1v) is 7.00. The number of hydrogen-bond acceptors (Lipinski definition) is 3. The molecule has 3 N–H and O–H groups in total. The van der Waals surface area contributed by atoms with Gasteiger partial charge in [0.25, 0.3) is 0 Å². The molecule has 1 amide bonds. The molecule has 0 aliphatic carbocycles. The lowest BCUT2D eigenvalue weighted by molar-refractivity contribution is -0.117. The van der Waals surface area contributed by atoms with Crippen LogP contribution in [-0.2, 0) is 4.79 Å². The van der Waals surface area contributed by atoms with E-state index in [0.717, 1.165) is 15.7 Å². The van der Waals surface area contributed by atoms with Crippen molar-refractivity contribution in [3.8, 4) is 11.3 Å². The van der Waals surface area contributed by atoms with E-state index in [0.29, 0.717) is 5.16 Å². The normalized spacial score (nSPS) is 12.3. The highest BCUT2D eigenvalue weighted by Crippen LogP contribution is 2.25. The number of aromatic nitrogens is 2. The van der Waals surface area contributed by atoms with Crippen LogP contribution in [0.25, 0.3) is 11.3 Å². The second-order valence-corrected chi connectivity index (χ2v) is 6.02. The molecule has 0 aliphatic rings. The summed E-state index contributed by atoms with van der Waals surface area (Å²) in [7, 11) is 0. The van der Waals surface area contributed by atoms with Crippen LogP contribution in [0.15, 0.2) is 40.1 Å². The van der Waals surface area contributed by atoms with Gasteiger partial charge in [0, 0.05) is 4.47 Å². The number of thioether (sulfide) groups is 1. The maximum absolute atomic E-state index is 11.0. The molecule has 0 fully saturated rings. The van der Waals surface area contributed by atoms with E-state index >= 15 is 0 Å². The summed E-state index contributed by atoms with van der Waals surface area (Å²) in [5.74, 6) is -0.346. The molecule has 0 bridgehead atoms. The number of hydrogen-bond donors (Lipinski definition) is 2. The molecule has 0 radical (unpaired) electrons. The number of imidazole rings is 1. The molecule has 94 valence electrons. The van der Waals surface area contributed by atoms with Crippen LogP contribution in [0, 0.1) is 0 Å². The zero-order chi connectivity index (χ0) is 13.1. The molecule has 6 heteroatoms. The number of H-pyrrole nitrogens is 1. The minimum atomic E-state index is -0.346. The first-order valence-electron chi connectivity index (χ1n) is 5.33. The molecule has 0 spiro atoms. The van der Waals surface area contributed by atoms with Crippen LogP contribution in [0.1, 0.15) is 6.92 Å². The fourth-order valence-electron chi connectivity index (χ4n) is 1.36. The van der Waals surface area contributed by atoms with Crippen molar-refractivity contribution in [2.45, 2.75) is 17.3 Å². The van der Waals surface area contributed by atoms with Crippen LogP contribution in [0.2, 0.25) is 0 Å². The predicted octanol–water partition coefficient (Wildman–Crippen LogP) is 2.81. The monoisotopic (exact) mass is 325 g/mol. The van der Waals surface area contributed by atoms with E-state index in [4.69, 9.17) is 5.73 Å². The van der Waals surface area contributed by atoms with Crippen molar-refractivity contribution in [2.75, 3.05) is 0 Å². The minimum absolute atomic E-state index is 0.297. The first kappa shape index (κ1) is 13.2. The first-order chi connectivity index (χ1) is 8.56. The van der Waals surface area contributed by atoms with Gasteiger partial charge in [0.05, 0.1) is 17.1 Å². The second kappa shape index (κ2) is 5.58. The molecule has 0 unspecified atom stereocenters. The molecular formula is C12H12BrN3OS. The summed E-state index contributed by atoms with van der Waals surface area (Å²) in [4.78, 5) is 18.4. The van der Waals surface area contributed by atoms with Gasteiger partial charge in [0.2, 0.25) is 5.91 Å². The third kappa shape index (κ3) is 3.14. The third-order valence-electron chi connectivity index (χ3n) is 2.40. The summed E-state index contributed by atoms with van der Waals surface area (Å²) in [6, 6.07) is 7.91. The Hall–Kier alpha value is -1.27. The van der Waals surface area contributed by atoms with Crippen molar-refractivity contribution in [2.24, 2.45) is 5.73 Å². The van der Waals surface area contributed by atoms with Crippen LogP contribution in [0.3, 0.4) is 0 Å². The Morgan fingerprint density at radius 1 is 1.44 bits per heavy atom. The van der Waals surface area contributed by atoms with Crippen LogP contribution in [-0.4, -0.2) is 21.1 Å². The molecule has 1 aromatic carbocycles. The number of amides is 1. The zero-order valence-electron chi connectivity index (χ0n) is 9.68. The predicted molar refractivity (Wildman–Crippen MR) is 76.2 cm³/mol. The number of primary amides is 1. The number of nitrogens with zero attached hydrogens (tertiary/aromatic N) is 1. The number of carbonyl (C=O) groups excluding carboxylic acids is 1. The average Bonchev–Trinajstić information content (AvgIpc) is 2.78. The Balaban J connectivity index is 2.15. The molecule has 0 saturated carbocycles. The molecule has 4 nitrogen and oxygen atoms in total. The summed E-state index contributed by atoms with van der Waals surface area (Å²) in [6.07, 6.45) is 1.75. The van der Waals surface area contributed by atoms with Crippen molar-refractivity contribution < 1.29 is 4.79 Å². The fraction of sp³-hybridized carbons (Fsp3) is 0.167. The summed E-state index contributed by atoms with van der Waals surface area (Å²) < 4.78 is 1.03.